The maximum absolute atomic E-state index is 12.6. The summed E-state index contributed by atoms with van der Waals surface area (Å²) in [5.41, 5.74) is 0.768. The number of aromatic amines is 1. The molecule has 0 fully saturated rings. The minimum Gasteiger partial charge on any atom is -0.367 e. The molecule has 0 aliphatic carbocycles. The van der Waals surface area contributed by atoms with E-state index in [1.54, 1.807) is 6.07 Å². The Morgan fingerprint density at radius 1 is 1.38 bits per heavy atom. The van der Waals surface area contributed by atoms with Crippen molar-refractivity contribution in [2.45, 2.75) is 12.3 Å². The summed E-state index contributed by atoms with van der Waals surface area (Å²) in [6.07, 6.45) is -4.83. The third-order valence-corrected chi connectivity index (χ3v) is 2.30. The number of halogens is 3. The number of nitrogens with zero attached hydrogens (tertiary/aromatic N) is 1. The maximum Gasteiger partial charge on any atom is 0.418 e. The highest BCUT2D eigenvalue weighted by atomic mass is 19.4. The van der Waals surface area contributed by atoms with Gasteiger partial charge in [0.15, 0.2) is 6.10 Å². The fourth-order valence-corrected chi connectivity index (χ4v) is 1.58. The number of hydrogen-bond donors (Lipinski definition) is 1. The molecule has 16 heavy (non-hydrogen) atoms. The zero-order valence-corrected chi connectivity index (χ0v) is 8.38. The average molecular weight is 230 g/mol. The Labute approximate surface area is 89.2 Å². The van der Waals surface area contributed by atoms with Gasteiger partial charge in [-0.3, -0.25) is 5.10 Å². The molecule has 2 aromatic rings. The molecule has 0 bridgehead atoms. The van der Waals surface area contributed by atoms with Crippen LogP contribution in [0.15, 0.2) is 24.4 Å². The van der Waals surface area contributed by atoms with Gasteiger partial charge in [-0.15, -0.1) is 0 Å². The SMILES string of the molecule is COC(c1ccc2[nH]ncc2c1)C(F)(F)F. The lowest BCUT2D eigenvalue weighted by molar-refractivity contribution is -0.215. The van der Waals surface area contributed by atoms with E-state index >= 15 is 0 Å². The molecule has 1 N–H and O–H groups in total. The van der Waals surface area contributed by atoms with Gasteiger partial charge >= 0.3 is 6.18 Å². The molecule has 2 rings (SSSR count). The van der Waals surface area contributed by atoms with E-state index < -0.39 is 12.3 Å². The van der Waals surface area contributed by atoms with Gasteiger partial charge < -0.3 is 4.74 Å². The van der Waals surface area contributed by atoms with Crippen molar-refractivity contribution >= 4 is 10.9 Å². The molecule has 1 atom stereocenters. The number of ether oxygens (including phenoxy) is 1. The molecule has 3 nitrogen and oxygen atoms in total. The quantitative estimate of drug-likeness (QED) is 0.861. The van der Waals surface area contributed by atoms with Gasteiger partial charge in [0.05, 0.1) is 11.7 Å². The maximum atomic E-state index is 12.6. The molecule has 0 saturated heterocycles. The molecule has 0 amide bonds. The van der Waals surface area contributed by atoms with Gasteiger partial charge in [-0.25, -0.2) is 0 Å². The average Bonchev–Trinajstić information content (AvgIpc) is 2.63. The van der Waals surface area contributed by atoms with E-state index in [1.165, 1.54) is 18.3 Å². The van der Waals surface area contributed by atoms with Crippen molar-refractivity contribution < 1.29 is 17.9 Å². The summed E-state index contributed by atoms with van der Waals surface area (Å²) in [7, 11) is 1.04. The molecule has 1 unspecified atom stereocenters. The van der Waals surface area contributed by atoms with Crippen LogP contribution in [0.5, 0.6) is 0 Å². The highest BCUT2D eigenvalue weighted by Crippen LogP contribution is 2.35. The second kappa shape index (κ2) is 3.79. The van der Waals surface area contributed by atoms with E-state index in [-0.39, 0.29) is 5.56 Å². The van der Waals surface area contributed by atoms with Crippen LogP contribution in [-0.2, 0) is 4.74 Å². The lowest BCUT2D eigenvalue weighted by Gasteiger charge is -2.18. The fourth-order valence-electron chi connectivity index (χ4n) is 1.58. The summed E-state index contributed by atoms with van der Waals surface area (Å²) in [4.78, 5) is 0. The first-order valence-electron chi connectivity index (χ1n) is 4.55. The van der Waals surface area contributed by atoms with Crippen LogP contribution >= 0.6 is 0 Å². The number of rotatable bonds is 2. The van der Waals surface area contributed by atoms with Gasteiger partial charge in [-0.1, -0.05) is 6.07 Å². The van der Waals surface area contributed by atoms with Crippen molar-refractivity contribution in [3.63, 3.8) is 0 Å². The summed E-state index contributed by atoms with van der Waals surface area (Å²) < 4.78 is 42.2. The van der Waals surface area contributed by atoms with Crippen LogP contribution in [0.2, 0.25) is 0 Å². The normalized spacial score (nSPS) is 14.2. The van der Waals surface area contributed by atoms with Gasteiger partial charge in [0.1, 0.15) is 0 Å². The molecule has 0 saturated carbocycles. The van der Waals surface area contributed by atoms with Crippen molar-refractivity contribution in [2.75, 3.05) is 7.11 Å². The number of alkyl halides is 3. The summed E-state index contributed by atoms with van der Waals surface area (Å²) in [5, 5.41) is 7.04. The number of aromatic nitrogens is 2. The number of nitrogens with one attached hydrogen (secondary N) is 1. The van der Waals surface area contributed by atoms with Crippen LogP contribution in [0.25, 0.3) is 10.9 Å². The van der Waals surface area contributed by atoms with Gasteiger partial charge in [0.2, 0.25) is 0 Å². The molecule has 0 aliphatic rings. The third-order valence-electron chi connectivity index (χ3n) is 2.30. The summed E-state index contributed by atoms with van der Waals surface area (Å²) in [6.45, 7) is 0. The standard InChI is InChI=1S/C10H9F3N2O/c1-16-9(10(11,12)13)6-2-3-8-7(4-6)5-14-15-8/h2-5,9H,1H3,(H,14,15). The van der Waals surface area contributed by atoms with Crippen LogP contribution in [-0.4, -0.2) is 23.5 Å². The van der Waals surface area contributed by atoms with Gasteiger partial charge in [-0.2, -0.15) is 18.3 Å². The van der Waals surface area contributed by atoms with E-state index in [0.717, 1.165) is 7.11 Å². The largest absolute Gasteiger partial charge is 0.418 e. The molecule has 0 aliphatic heterocycles. The molecular formula is C10H9F3N2O. The van der Waals surface area contributed by atoms with Gasteiger partial charge in [-0.05, 0) is 17.7 Å². The van der Waals surface area contributed by atoms with Crippen molar-refractivity contribution in [1.82, 2.24) is 10.2 Å². The molecule has 86 valence electrons. The van der Waals surface area contributed by atoms with Crippen LogP contribution in [0.4, 0.5) is 13.2 Å². The summed E-state index contributed by atoms with van der Waals surface area (Å²) in [6, 6.07) is 4.35. The van der Waals surface area contributed by atoms with Gasteiger partial charge in [0.25, 0.3) is 0 Å². The van der Waals surface area contributed by atoms with Crippen molar-refractivity contribution in [3.05, 3.63) is 30.0 Å². The second-order valence-electron chi connectivity index (χ2n) is 3.37. The number of hydrogen-bond acceptors (Lipinski definition) is 2. The first kappa shape index (κ1) is 10.9. The Hall–Kier alpha value is -1.56. The third kappa shape index (κ3) is 1.88. The number of H-pyrrole nitrogens is 1. The Balaban J connectivity index is 2.45. The Morgan fingerprint density at radius 3 is 2.75 bits per heavy atom. The summed E-state index contributed by atoms with van der Waals surface area (Å²) >= 11 is 0. The molecule has 0 radical (unpaired) electrons. The van der Waals surface area contributed by atoms with E-state index in [0.29, 0.717) is 10.9 Å². The van der Waals surface area contributed by atoms with Crippen molar-refractivity contribution in [1.29, 1.82) is 0 Å². The second-order valence-corrected chi connectivity index (χ2v) is 3.37. The molecule has 1 heterocycles. The topological polar surface area (TPSA) is 37.9 Å². The zero-order valence-electron chi connectivity index (χ0n) is 8.38. The minimum atomic E-state index is -4.41. The number of methoxy groups -OCH3 is 1. The fraction of sp³-hybridized carbons (Fsp3) is 0.300. The predicted octanol–water partition coefficient (Wildman–Crippen LogP) is 2.81. The lowest BCUT2D eigenvalue weighted by atomic mass is 10.1. The van der Waals surface area contributed by atoms with Crippen molar-refractivity contribution in [3.8, 4) is 0 Å². The van der Waals surface area contributed by atoms with E-state index in [2.05, 4.69) is 14.9 Å². The number of fused-ring (bicyclic) bond motifs is 1. The molecule has 6 heteroatoms. The Morgan fingerprint density at radius 2 is 2.12 bits per heavy atom. The lowest BCUT2D eigenvalue weighted by Crippen LogP contribution is -2.22. The highest BCUT2D eigenvalue weighted by molar-refractivity contribution is 5.78. The van der Waals surface area contributed by atoms with Crippen molar-refractivity contribution in [2.24, 2.45) is 0 Å². The summed E-state index contributed by atoms with van der Waals surface area (Å²) in [5.74, 6) is 0. The molecular weight excluding hydrogens is 221 g/mol. The predicted molar refractivity (Wildman–Crippen MR) is 51.9 cm³/mol. The Bertz CT molecular complexity index is 492. The first-order chi connectivity index (χ1) is 7.52. The molecule has 1 aromatic carbocycles. The van der Waals surface area contributed by atoms with Crippen LogP contribution in [0.1, 0.15) is 11.7 Å². The van der Waals surface area contributed by atoms with E-state index in [9.17, 15) is 13.2 Å². The minimum absolute atomic E-state index is 0.0731. The van der Waals surface area contributed by atoms with Gasteiger partial charge in [0, 0.05) is 12.5 Å². The van der Waals surface area contributed by atoms with E-state index in [1.807, 2.05) is 0 Å². The Kier molecular flexibility index (Phi) is 2.59. The molecule has 1 aromatic heterocycles. The van der Waals surface area contributed by atoms with Crippen LogP contribution < -0.4 is 0 Å². The first-order valence-corrected chi connectivity index (χ1v) is 4.55. The van der Waals surface area contributed by atoms with E-state index in [4.69, 9.17) is 0 Å². The molecule has 0 spiro atoms. The highest BCUT2D eigenvalue weighted by Gasteiger charge is 2.41. The monoisotopic (exact) mass is 230 g/mol. The number of benzene rings is 1. The zero-order chi connectivity index (χ0) is 11.8. The van der Waals surface area contributed by atoms with Crippen LogP contribution in [0, 0.1) is 0 Å². The van der Waals surface area contributed by atoms with Crippen LogP contribution in [0.3, 0.4) is 0 Å². The smallest absolute Gasteiger partial charge is 0.367 e.